The van der Waals surface area contributed by atoms with Gasteiger partial charge in [0.05, 0.1) is 27.1 Å². The Morgan fingerprint density at radius 1 is 1.00 bits per heavy atom. The first-order valence-corrected chi connectivity index (χ1v) is 13.9. The lowest BCUT2D eigenvalue weighted by molar-refractivity contribution is 0.0932. The summed E-state index contributed by atoms with van der Waals surface area (Å²) < 4.78 is 7.95. The van der Waals surface area contributed by atoms with Crippen LogP contribution >= 0.6 is 23.2 Å². The lowest BCUT2D eigenvalue weighted by Crippen LogP contribution is -2.42. The average molecular weight is 579 g/mol. The van der Waals surface area contributed by atoms with Crippen molar-refractivity contribution in [2.45, 2.75) is 18.9 Å². The minimum atomic E-state index is -0.333. The van der Waals surface area contributed by atoms with Crippen molar-refractivity contribution in [1.82, 2.24) is 19.4 Å². The number of para-hydroxylation sites is 1. The Kier molecular flexibility index (Phi) is 7.27. The van der Waals surface area contributed by atoms with Crippen molar-refractivity contribution in [3.63, 3.8) is 0 Å². The van der Waals surface area contributed by atoms with Gasteiger partial charge in [-0.25, -0.2) is 4.98 Å². The molecule has 2 aromatic heterocycles. The van der Waals surface area contributed by atoms with Gasteiger partial charge in [-0.3, -0.25) is 9.69 Å². The monoisotopic (exact) mass is 577 g/mol. The van der Waals surface area contributed by atoms with E-state index in [4.69, 9.17) is 27.9 Å². The number of anilines is 4. The molecule has 40 heavy (non-hydrogen) atoms. The standard InChI is InChI=1S/C29H29Cl2N7O2/c1-35(2)20-10-14-37(15-11-20)24-9-8-19(16-25(24)36-12-3-4-13-36)33-29-32-17-21-27(34-29)40-18-38(28(21)39)26-22(30)6-5-7-23(26)31/h3-9,12-13,16-17,20H,10-11,14-15,18H2,1-2H3,(H,32,33,34). The summed E-state index contributed by atoms with van der Waals surface area (Å²) in [6.07, 6.45) is 7.79. The number of carbonyl (C=O) groups is 1. The van der Waals surface area contributed by atoms with Crippen LogP contribution in [0.25, 0.3) is 5.69 Å². The highest BCUT2D eigenvalue weighted by atomic mass is 35.5. The number of carbonyl (C=O) groups excluding carboxylic acids is 1. The van der Waals surface area contributed by atoms with E-state index in [-0.39, 0.29) is 24.1 Å². The van der Waals surface area contributed by atoms with E-state index in [2.05, 4.69) is 55.9 Å². The van der Waals surface area contributed by atoms with Gasteiger partial charge in [0, 0.05) is 43.4 Å². The van der Waals surface area contributed by atoms with Gasteiger partial charge in [-0.1, -0.05) is 29.3 Å². The first kappa shape index (κ1) is 26.4. The molecule has 0 atom stereocenters. The zero-order valence-corrected chi connectivity index (χ0v) is 23.7. The van der Waals surface area contributed by atoms with Gasteiger partial charge in [0.1, 0.15) is 5.56 Å². The third kappa shape index (κ3) is 5.08. The molecule has 206 valence electrons. The summed E-state index contributed by atoms with van der Waals surface area (Å²) in [5.41, 5.74) is 3.69. The van der Waals surface area contributed by atoms with Crippen LogP contribution in [0.3, 0.4) is 0 Å². The predicted molar refractivity (Wildman–Crippen MR) is 159 cm³/mol. The van der Waals surface area contributed by atoms with E-state index in [9.17, 15) is 4.79 Å². The number of fused-ring (bicyclic) bond motifs is 1. The minimum absolute atomic E-state index is 0.0667. The van der Waals surface area contributed by atoms with Crippen molar-refractivity contribution in [1.29, 1.82) is 0 Å². The second-order valence-corrected chi connectivity index (χ2v) is 10.9. The summed E-state index contributed by atoms with van der Waals surface area (Å²) in [4.78, 5) is 28.3. The molecule has 2 aliphatic rings. The number of nitrogens with one attached hydrogen (secondary N) is 1. The van der Waals surface area contributed by atoms with Crippen LogP contribution in [0.4, 0.5) is 23.0 Å². The highest BCUT2D eigenvalue weighted by molar-refractivity contribution is 6.40. The molecule has 1 N–H and O–H groups in total. The summed E-state index contributed by atoms with van der Waals surface area (Å²) in [7, 11) is 4.31. The van der Waals surface area contributed by atoms with E-state index in [0.29, 0.717) is 27.7 Å². The van der Waals surface area contributed by atoms with Gasteiger partial charge in [-0.05, 0) is 69.4 Å². The van der Waals surface area contributed by atoms with E-state index in [0.717, 1.165) is 37.3 Å². The molecule has 1 amide bonds. The van der Waals surface area contributed by atoms with Crippen LogP contribution in [0.2, 0.25) is 10.0 Å². The van der Waals surface area contributed by atoms with E-state index >= 15 is 0 Å². The summed E-state index contributed by atoms with van der Waals surface area (Å²) in [6, 6.07) is 16.0. The van der Waals surface area contributed by atoms with Gasteiger partial charge < -0.3 is 24.4 Å². The van der Waals surface area contributed by atoms with Gasteiger partial charge in [-0.15, -0.1) is 0 Å². The SMILES string of the molecule is CN(C)C1CCN(c2ccc(Nc3ncc4c(n3)OCN(c3c(Cl)cccc3Cl)C4=O)cc2-n2cccc2)CC1. The molecule has 4 heterocycles. The molecule has 0 saturated carbocycles. The highest BCUT2D eigenvalue weighted by Crippen LogP contribution is 2.37. The maximum absolute atomic E-state index is 13.2. The van der Waals surface area contributed by atoms with Crippen molar-refractivity contribution in [2.75, 3.05) is 49.0 Å². The van der Waals surface area contributed by atoms with Crippen LogP contribution in [0, 0.1) is 0 Å². The summed E-state index contributed by atoms with van der Waals surface area (Å²) in [5, 5.41) is 3.99. The van der Waals surface area contributed by atoms with Crippen molar-refractivity contribution in [3.05, 3.63) is 82.7 Å². The molecule has 2 aromatic carbocycles. The van der Waals surface area contributed by atoms with Gasteiger partial charge >= 0.3 is 0 Å². The topological polar surface area (TPSA) is 78.8 Å². The van der Waals surface area contributed by atoms with Crippen LogP contribution < -0.4 is 19.9 Å². The molecular formula is C29H29Cl2N7O2. The maximum Gasteiger partial charge on any atom is 0.268 e. The number of benzene rings is 2. The van der Waals surface area contributed by atoms with Gasteiger partial charge in [-0.2, -0.15) is 4.98 Å². The lowest BCUT2D eigenvalue weighted by atomic mass is 10.0. The number of hydrogen-bond donors (Lipinski definition) is 1. The molecule has 1 fully saturated rings. The summed E-state index contributed by atoms with van der Waals surface area (Å²) >= 11 is 12.6. The predicted octanol–water partition coefficient (Wildman–Crippen LogP) is 5.84. The smallest absolute Gasteiger partial charge is 0.268 e. The number of piperidine rings is 1. The molecule has 0 unspecified atom stereocenters. The molecule has 4 aromatic rings. The molecule has 1 saturated heterocycles. The lowest BCUT2D eigenvalue weighted by Gasteiger charge is -2.37. The number of halogens is 2. The van der Waals surface area contributed by atoms with E-state index in [1.165, 1.54) is 16.8 Å². The fourth-order valence-corrected chi connectivity index (χ4v) is 5.85. The van der Waals surface area contributed by atoms with Crippen molar-refractivity contribution >= 4 is 52.1 Å². The number of ether oxygens (including phenoxy) is 1. The van der Waals surface area contributed by atoms with Gasteiger partial charge in [0.25, 0.3) is 5.91 Å². The number of amides is 1. The van der Waals surface area contributed by atoms with Crippen LogP contribution in [-0.2, 0) is 0 Å². The molecule has 0 bridgehead atoms. The molecule has 9 nitrogen and oxygen atoms in total. The fraction of sp³-hybridized carbons (Fsp3) is 0.276. The van der Waals surface area contributed by atoms with E-state index in [1.54, 1.807) is 18.2 Å². The average Bonchev–Trinajstić information content (AvgIpc) is 3.49. The number of rotatable bonds is 6. The van der Waals surface area contributed by atoms with Crippen LogP contribution in [0.15, 0.2) is 67.1 Å². The summed E-state index contributed by atoms with van der Waals surface area (Å²) in [6.45, 7) is 1.93. The third-order valence-electron chi connectivity index (χ3n) is 7.42. The maximum atomic E-state index is 13.2. The molecule has 0 radical (unpaired) electrons. The molecule has 0 aliphatic carbocycles. The highest BCUT2D eigenvalue weighted by Gasteiger charge is 2.31. The van der Waals surface area contributed by atoms with Gasteiger partial charge in [0.2, 0.25) is 11.8 Å². The molecular weight excluding hydrogens is 549 g/mol. The number of aromatic nitrogens is 3. The zero-order chi connectivity index (χ0) is 27.8. The fourth-order valence-electron chi connectivity index (χ4n) is 5.25. The zero-order valence-electron chi connectivity index (χ0n) is 22.2. The minimum Gasteiger partial charge on any atom is -0.455 e. The second-order valence-electron chi connectivity index (χ2n) is 10.1. The quantitative estimate of drug-likeness (QED) is 0.308. The second kappa shape index (κ2) is 11.0. The summed E-state index contributed by atoms with van der Waals surface area (Å²) in [5.74, 6) is 0.196. The molecule has 0 spiro atoms. The Morgan fingerprint density at radius 2 is 1.73 bits per heavy atom. The van der Waals surface area contributed by atoms with Crippen LogP contribution in [-0.4, -0.2) is 65.3 Å². The third-order valence-corrected chi connectivity index (χ3v) is 8.03. The largest absolute Gasteiger partial charge is 0.455 e. The Morgan fingerprint density at radius 3 is 2.42 bits per heavy atom. The first-order valence-electron chi connectivity index (χ1n) is 13.1. The van der Waals surface area contributed by atoms with E-state index < -0.39 is 0 Å². The van der Waals surface area contributed by atoms with Crippen molar-refractivity contribution in [3.8, 4) is 11.6 Å². The molecule has 11 heteroatoms. The molecule has 2 aliphatic heterocycles. The van der Waals surface area contributed by atoms with Crippen LogP contribution in [0.5, 0.6) is 5.88 Å². The van der Waals surface area contributed by atoms with Crippen LogP contribution in [0.1, 0.15) is 23.2 Å². The normalized spacial score (nSPS) is 15.8. The Labute approximate surface area is 242 Å². The number of hydrogen-bond acceptors (Lipinski definition) is 7. The molecule has 6 rings (SSSR count). The van der Waals surface area contributed by atoms with Crippen molar-refractivity contribution < 1.29 is 9.53 Å². The van der Waals surface area contributed by atoms with E-state index in [1.807, 2.05) is 30.6 Å². The van der Waals surface area contributed by atoms with Gasteiger partial charge in [0.15, 0.2) is 6.73 Å². The number of nitrogens with zero attached hydrogens (tertiary/aromatic N) is 6. The van der Waals surface area contributed by atoms with Crippen molar-refractivity contribution in [2.24, 2.45) is 0 Å². The Balaban J connectivity index is 1.24. The Bertz CT molecular complexity index is 1520. The Hall–Kier alpha value is -3.79. The first-order chi connectivity index (χ1) is 19.4.